The molecule has 0 spiro atoms. The van der Waals surface area contributed by atoms with Crippen molar-refractivity contribution < 1.29 is 19.1 Å². The molecule has 8 nitrogen and oxygen atoms in total. The van der Waals surface area contributed by atoms with Gasteiger partial charge in [0.2, 0.25) is 0 Å². The minimum absolute atomic E-state index is 0.292. The van der Waals surface area contributed by atoms with Crippen molar-refractivity contribution in [3.63, 3.8) is 0 Å². The average Bonchev–Trinajstić information content (AvgIpc) is 3.54. The van der Waals surface area contributed by atoms with Crippen molar-refractivity contribution in [2.75, 3.05) is 13.2 Å². The van der Waals surface area contributed by atoms with Crippen LogP contribution >= 0.6 is 11.3 Å². The van der Waals surface area contributed by atoms with E-state index in [1.165, 1.54) is 0 Å². The van der Waals surface area contributed by atoms with E-state index in [0.717, 1.165) is 87.0 Å². The van der Waals surface area contributed by atoms with E-state index in [1.807, 2.05) is 13.8 Å². The van der Waals surface area contributed by atoms with Crippen molar-refractivity contribution in [3.05, 3.63) is 9.75 Å². The van der Waals surface area contributed by atoms with Gasteiger partial charge in [-0.2, -0.15) is 10.2 Å². The number of ether oxygens (including phenoxy) is 2. The van der Waals surface area contributed by atoms with E-state index >= 15 is 0 Å². The lowest BCUT2D eigenvalue weighted by Gasteiger charge is -2.11. The molecule has 2 N–H and O–H groups in total. The molecule has 0 radical (unpaired) electrons. The molecule has 0 bridgehead atoms. The van der Waals surface area contributed by atoms with Gasteiger partial charge in [-0.05, 0) is 64.2 Å². The predicted molar refractivity (Wildman–Crippen MR) is 123 cm³/mol. The summed E-state index contributed by atoms with van der Waals surface area (Å²) in [7, 11) is 0. The Bertz CT molecular complexity index is 764. The molecule has 2 fully saturated rings. The number of hydrogen-bond donors (Lipinski definition) is 2. The Morgan fingerprint density at radius 1 is 0.774 bits per heavy atom. The Morgan fingerprint density at radius 3 is 1.52 bits per heavy atom. The van der Waals surface area contributed by atoms with Gasteiger partial charge in [0.1, 0.15) is 9.75 Å². The summed E-state index contributed by atoms with van der Waals surface area (Å²) in [5.74, 6) is -0.165. The highest BCUT2D eigenvalue weighted by Crippen LogP contribution is 2.43. The van der Waals surface area contributed by atoms with Crippen LogP contribution in [0.4, 0.5) is 0 Å². The maximum absolute atomic E-state index is 12.9. The molecule has 2 saturated carbocycles. The molecule has 170 valence electrons. The van der Waals surface area contributed by atoms with E-state index in [1.54, 1.807) is 0 Å². The number of thiophene rings is 1. The van der Waals surface area contributed by atoms with Crippen molar-refractivity contribution in [2.24, 2.45) is 10.2 Å². The number of hydrazone groups is 2. The van der Waals surface area contributed by atoms with Gasteiger partial charge in [-0.3, -0.25) is 9.59 Å². The molecular formula is C22H32N4O4S. The minimum Gasteiger partial charge on any atom is -0.488 e. The highest BCUT2D eigenvalue weighted by atomic mass is 32.1. The standard InChI is InChI=1S/C22H32N4O4S/c1-3-13-29-17-18(30-14-4-2)20(22(28)26-24-16-11-7-8-12-16)31-19(17)21(27)25-23-15-9-5-6-10-15/h3-14H2,1-2H3,(H,25,27)(H,26,28). The zero-order valence-electron chi connectivity index (χ0n) is 18.4. The fraction of sp³-hybridized carbons (Fsp3) is 0.636. The summed E-state index contributed by atoms with van der Waals surface area (Å²) in [5, 5.41) is 8.52. The van der Waals surface area contributed by atoms with E-state index in [9.17, 15) is 9.59 Å². The van der Waals surface area contributed by atoms with Crippen LogP contribution < -0.4 is 20.3 Å². The number of carbonyl (C=O) groups is 2. The van der Waals surface area contributed by atoms with Gasteiger partial charge in [0.15, 0.2) is 11.5 Å². The van der Waals surface area contributed by atoms with E-state index < -0.39 is 11.8 Å². The minimum atomic E-state index is -0.391. The van der Waals surface area contributed by atoms with Gasteiger partial charge < -0.3 is 9.47 Å². The Balaban J connectivity index is 1.87. The Morgan fingerprint density at radius 2 is 1.16 bits per heavy atom. The zero-order valence-corrected chi connectivity index (χ0v) is 19.2. The second kappa shape index (κ2) is 11.8. The topological polar surface area (TPSA) is 101 Å². The maximum Gasteiger partial charge on any atom is 0.285 e. The van der Waals surface area contributed by atoms with Crippen molar-refractivity contribution in [2.45, 2.75) is 78.1 Å². The molecule has 2 aliphatic carbocycles. The van der Waals surface area contributed by atoms with Gasteiger partial charge in [-0.15, -0.1) is 11.3 Å². The van der Waals surface area contributed by atoms with E-state index in [0.29, 0.717) is 34.5 Å². The number of amides is 2. The highest BCUT2D eigenvalue weighted by molar-refractivity contribution is 7.16. The average molecular weight is 449 g/mol. The number of nitrogens with zero attached hydrogens (tertiary/aromatic N) is 2. The molecule has 3 rings (SSSR count). The van der Waals surface area contributed by atoms with Crippen molar-refractivity contribution in [1.82, 2.24) is 10.9 Å². The highest BCUT2D eigenvalue weighted by Gasteiger charge is 2.29. The second-order valence-corrected chi connectivity index (χ2v) is 8.79. The maximum atomic E-state index is 12.9. The molecule has 1 heterocycles. The Labute approximate surface area is 187 Å². The van der Waals surface area contributed by atoms with Crippen LogP contribution in [-0.2, 0) is 0 Å². The molecular weight excluding hydrogens is 416 g/mol. The van der Waals surface area contributed by atoms with Crippen LogP contribution in [0.1, 0.15) is 97.4 Å². The van der Waals surface area contributed by atoms with Gasteiger partial charge in [-0.25, -0.2) is 10.9 Å². The fourth-order valence-electron chi connectivity index (χ4n) is 3.52. The monoisotopic (exact) mass is 448 g/mol. The summed E-state index contributed by atoms with van der Waals surface area (Å²) < 4.78 is 11.8. The first kappa shape index (κ1) is 23.2. The van der Waals surface area contributed by atoms with Gasteiger partial charge in [0.25, 0.3) is 11.8 Å². The molecule has 1 aromatic rings. The largest absolute Gasteiger partial charge is 0.488 e. The molecule has 0 unspecified atom stereocenters. The Kier molecular flexibility index (Phi) is 8.87. The molecule has 0 aromatic carbocycles. The Hall–Kier alpha value is -2.42. The second-order valence-electron chi connectivity index (χ2n) is 7.77. The van der Waals surface area contributed by atoms with Crippen LogP contribution in [0.3, 0.4) is 0 Å². The molecule has 1 aromatic heterocycles. The molecule has 0 atom stereocenters. The van der Waals surface area contributed by atoms with Gasteiger partial charge >= 0.3 is 0 Å². The molecule has 2 amide bonds. The summed E-state index contributed by atoms with van der Waals surface area (Å²) in [6.07, 6.45) is 9.54. The zero-order chi connectivity index (χ0) is 22.1. The van der Waals surface area contributed by atoms with Crippen molar-refractivity contribution in [3.8, 4) is 11.5 Å². The fourth-order valence-corrected chi connectivity index (χ4v) is 4.49. The van der Waals surface area contributed by atoms with Gasteiger partial charge in [0.05, 0.1) is 13.2 Å². The van der Waals surface area contributed by atoms with Crippen LogP contribution in [0.5, 0.6) is 11.5 Å². The third-order valence-corrected chi connectivity index (χ3v) is 6.28. The number of nitrogens with one attached hydrogen (secondary N) is 2. The molecule has 0 aliphatic heterocycles. The third-order valence-electron chi connectivity index (χ3n) is 5.13. The van der Waals surface area contributed by atoms with Crippen molar-refractivity contribution in [1.29, 1.82) is 0 Å². The third kappa shape index (κ3) is 6.29. The first-order valence-electron chi connectivity index (χ1n) is 11.3. The van der Waals surface area contributed by atoms with Crippen molar-refractivity contribution >= 4 is 34.6 Å². The van der Waals surface area contributed by atoms with Crippen LogP contribution in [0.2, 0.25) is 0 Å². The quantitative estimate of drug-likeness (QED) is 0.509. The van der Waals surface area contributed by atoms with Gasteiger partial charge in [0, 0.05) is 11.4 Å². The smallest absolute Gasteiger partial charge is 0.285 e. The van der Waals surface area contributed by atoms with Gasteiger partial charge in [-0.1, -0.05) is 13.8 Å². The summed E-state index contributed by atoms with van der Waals surface area (Å²) in [4.78, 5) is 26.4. The SMILES string of the molecule is CCCOc1c(C(=O)NN=C2CCCC2)sc(C(=O)NN=C2CCCC2)c1OCCC. The summed E-state index contributed by atoms with van der Waals surface area (Å²) >= 11 is 1.06. The summed E-state index contributed by atoms with van der Waals surface area (Å²) in [6, 6.07) is 0. The lowest BCUT2D eigenvalue weighted by atomic mass is 10.3. The van der Waals surface area contributed by atoms with E-state index in [4.69, 9.17) is 9.47 Å². The van der Waals surface area contributed by atoms with E-state index in [2.05, 4.69) is 21.1 Å². The normalized spacial score (nSPS) is 15.7. The number of carbonyl (C=O) groups excluding carboxylic acids is 2. The van der Waals surface area contributed by atoms with Crippen LogP contribution in [-0.4, -0.2) is 36.5 Å². The van der Waals surface area contributed by atoms with E-state index in [-0.39, 0.29) is 0 Å². The molecule has 31 heavy (non-hydrogen) atoms. The first-order chi connectivity index (χ1) is 15.1. The van der Waals surface area contributed by atoms with Crippen LogP contribution in [0.15, 0.2) is 10.2 Å². The molecule has 2 aliphatic rings. The lowest BCUT2D eigenvalue weighted by molar-refractivity contribution is 0.0945. The molecule has 9 heteroatoms. The summed E-state index contributed by atoms with van der Waals surface area (Å²) in [5.41, 5.74) is 7.26. The number of hydrogen-bond acceptors (Lipinski definition) is 7. The summed E-state index contributed by atoms with van der Waals surface area (Å²) in [6.45, 7) is 4.79. The van der Waals surface area contributed by atoms with Crippen LogP contribution in [0, 0.1) is 0 Å². The first-order valence-corrected chi connectivity index (χ1v) is 12.1. The predicted octanol–water partition coefficient (Wildman–Crippen LogP) is 4.65. The number of rotatable bonds is 10. The molecule has 0 saturated heterocycles. The lowest BCUT2D eigenvalue weighted by Crippen LogP contribution is -2.19. The van der Waals surface area contributed by atoms with Crippen LogP contribution in [0.25, 0.3) is 0 Å².